The van der Waals surface area contributed by atoms with Crippen molar-refractivity contribution < 1.29 is 18.9 Å². The number of benzene rings is 4. The molecule has 5 aromatic rings. The highest BCUT2D eigenvalue weighted by Gasteiger charge is 2.19. The summed E-state index contributed by atoms with van der Waals surface area (Å²) >= 11 is 0. The van der Waals surface area contributed by atoms with E-state index in [0.29, 0.717) is 0 Å². The molecular formula is C24H21NO4. The Bertz CT molecular complexity index is 1300. The zero-order valence-corrected chi connectivity index (χ0v) is 16.8. The molecule has 0 aliphatic rings. The van der Waals surface area contributed by atoms with Gasteiger partial charge in [-0.15, -0.1) is 0 Å². The Morgan fingerprint density at radius 1 is 0.517 bits per heavy atom. The molecule has 0 amide bonds. The van der Waals surface area contributed by atoms with E-state index in [9.17, 15) is 0 Å². The van der Waals surface area contributed by atoms with Gasteiger partial charge in [0.25, 0.3) is 0 Å². The molecular weight excluding hydrogens is 366 g/mol. The van der Waals surface area contributed by atoms with Crippen LogP contribution in [0.5, 0.6) is 23.0 Å². The Morgan fingerprint density at radius 2 is 0.931 bits per heavy atom. The van der Waals surface area contributed by atoms with Gasteiger partial charge >= 0.3 is 0 Å². The first kappa shape index (κ1) is 17.5. The molecule has 0 aliphatic carbocycles. The molecule has 5 rings (SSSR count). The summed E-state index contributed by atoms with van der Waals surface area (Å²) in [6.45, 7) is 0. The molecule has 29 heavy (non-hydrogen) atoms. The second-order valence-electron chi connectivity index (χ2n) is 6.89. The summed E-state index contributed by atoms with van der Waals surface area (Å²) in [6.07, 6.45) is 0. The van der Waals surface area contributed by atoms with Crippen molar-refractivity contribution in [3.63, 3.8) is 0 Å². The van der Waals surface area contributed by atoms with E-state index in [1.54, 1.807) is 28.4 Å². The number of rotatable bonds is 4. The first-order valence-corrected chi connectivity index (χ1v) is 9.34. The topological polar surface area (TPSA) is 52.7 Å². The van der Waals surface area contributed by atoms with Crippen LogP contribution in [0.3, 0.4) is 0 Å². The number of methoxy groups -OCH3 is 4. The lowest BCUT2D eigenvalue weighted by atomic mass is 10.0. The summed E-state index contributed by atoms with van der Waals surface area (Å²) in [5, 5.41) is 6.05. The highest BCUT2D eigenvalue weighted by Crippen LogP contribution is 2.45. The molecule has 1 aromatic heterocycles. The number of hydrogen-bond donors (Lipinski definition) is 1. The van der Waals surface area contributed by atoms with Crippen LogP contribution in [0.25, 0.3) is 43.4 Å². The summed E-state index contributed by atoms with van der Waals surface area (Å²) < 4.78 is 22.8. The van der Waals surface area contributed by atoms with E-state index in [1.807, 2.05) is 36.4 Å². The lowest BCUT2D eigenvalue weighted by Gasteiger charge is -2.11. The van der Waals surface area contributed by atoms with Gasteiger partial charge in [-0.2, -0.15) is 0 Å². The van der Waals surface area contributed by atoms with Gasteiger partial charge in [-0.25, -0.2) is 0 Å². The number of nitrogens with one attached hydrogen (secondary N) is 1. The molecule has 146 valence electrons. The minimum Gasteiger partial charge on any atom is -0.496 e. The molecule has 1 N–H and O–H groups in total. The average molecular weight is 387 g/mol. The van der Waals surface area contributed by atoms with Crippen molar-refractivity contribution in [1.29, 1.82) is 0 Å². The average Bonchev–Trinajstić information content (AvgIpc) is 3.15. The minimum absolute atomic E-state index is 0.793. The van der Waals surface area contributed by atoms with E-state index in [1.165, 1.54) is 0 Å². The monoisotopic (exact) mass is 387 g/mol. The molecule has 0 radical (unpaired) electrons. The van der Waals surface area contributed by atoms with Crippen molar-refractivity contribution >= 4 is 43.4 Å². The van der Waals surface area contributed by atoms with Crippen molar-refractivity contribution in [2.45, 2.75) is 0 Å². The maximum absolute atomic E-state index is 5.72. The molecule has 0 spiro atoms. The fourth-order valence-corrected chi connectivity index (χ4v) is 4.31. The fourth-order valence-electron chi connectivity index (χ4n) is 4.31. The molecule has 0 unspecified atom stereocenters. The molecule has 0 fully saturated rings. The zero-order valence-electron chi connectivity index (χ0n) is 16.8. The van der Waals surface area contributed by atoms with E-state index in [4.69, 9.17) is 18.9 Å². The van der Waals surface area contributed by atoms with Crippen LogP contribution in [-0.2, 0) is 0 Å². The molecule has 0 saturated heterocycles. The van der Waals surface area contributed by atoms with Gasteiger partial charge in [0.1, 0.15) is 23.0 Å². The first-order chi connectivity index (χ1) is 14.2. The summed E-state index contributed by atoms with van der Waals surface area (Å²) in [4.78, 5) is 3.64. The van der Waals surface area contributed by atoms with Gasteiger partial charge in [-0.05, 0) is 24.3 Å². The first-order valence-electron chi connectivity index (χ1n) is 9.34. The van der Waals surface area contributed by atoms with Crippen molar-refractivity contribution in [3.05, 3.63) is 48.5 Å². The van der Waals surface area contributed by atoms with Gasteiger partial charge in [-0.3, -0.25) is 0 Å². The molecule has 0 saturated carbocycles. The van der Waals surface area contributed by atoms with Crippen LogP contribution in [0.15, 0.2) is 48.5 Å². The molecule has 5 heteroatoms. The van der Waals surface area contributed by atoms with E-state index in [2.05, 4.69) is 17.1 Å². The lowest BCUT2D eigenvalue weighted by Crippen LogP contribution is -1.90. The van der Waals surface area contributed by atoms with Crippen LogP contribution in [0.2, 0.25) is 0 Å². The highest BCUT2D eigenvalue weighted by molar-refractivity contribution is 6.26. The van der Waals surface area contributed by atoms with E-state index in [-0.39, 0.29) is 0 Å². The normalized spacial score (nSPS) is 11.4. The minimum atomic E-state index is 0.793. The van der Waals surface area contributed by atoms with Gasteiger partial charge in [-0.1, -0.05) is 24.3 Å². The number of hydrogen-bond acceptors (Lipinski definition) is 4. The highest BCUT2D eigenvalue weighted by atomic mass is 16.5. The molecule has 0 aliphatic heterocycles. The van der Waals surface area contributed by atoms with Gasteiger partial charge in [0.15, 0.2) is 0 Å². The van der Waals surface area contributed by atoms with Gasteiger partial charge in [0, 0.05) is 21.5 Å². The maximum atomic E-state index is 5.72. The third kappa shape index (κ3) is 2.34. The summed E-state index contributed by atoms with van der Waals surface area (Å²) in [6, 6.07) is 16.1. The fraction of sp³-hybridized carbons (Fsp3) is 0.167. The Morgan fingerprint density at radius 3 is 1.31 bits per heavy atom. The van der Waals surface area contributed by atoms with Gasteiger partial charge in [0.2, 0.25) is 0 Å². The van der Waals surface area contributed by atoms with Crippen LogP contribution in [0, 0.1) is 0 Å². The maximum Gasteiger partial charge on any atom is 0.128 e. The Kier molecular flexibility index (Phi) is 3.91. The Balaban J connectivity index is 2.09. The predicted molar refractivity (Wildman–Crippen MR) is 117 cm³/mol. The van der Waals surface area contributed by atoms with Crippen molar-refractivity contribution in [3.8, 4) is 23.0 Å². The number of H-pyrrole nitrogens is 1. The smallest absolute Gasteiger partial charge is 0.128 e. The van der Waals surface area contributed by atoms with E-state index >= 15 is 0 Å². The quantitative estimate of drug-likeness (QED) is 0.432. The number of fused-ring (bicyclic) bond motifs is 7. The second-order valence-corrected chi connectivity index (χ2v) is 6.89. The SMILES string of the molecule is COc1cc2c3cc(OC)c4cccc(OC)c4c3[nH]c2c2c(OC)cccc12. The Labute approximate surface area is 167 Å². The largest absolute Gasteiger partial charge is 0.496 e. The van der Waals surface area contributed by atoms with Crippen molar-refractivity contribution in [2.24, 2.45) is 0 Å². The van der Waals surface area contributed by atoms with Gasteiger partial charge in [0.05, 0.1) is 50.2 Å². The van der Waals surface area contributed by atoms with Crippen LogP contribution >= 0.6 is 0 Å². The number of ether oxygens (including phenoxy) is 4. The number of aromatic nitrogens is 1. The summed E-state index contributed by atoms with van der Waals surface area (Å²) in [5.41, 5.74) is 1.99. The molecule has 4 aromatic carbocycles. The van der Waals surface area contributed by atoms with E-state index < -0.39 is 0 Å². The van der Waals surface area contributed by atoms with Gasteiger partial charge < -0.3 is 23.9 Å². The predicted octanol–water partition coefficient (Wildman–Crippen LogP) is 5.66. The molecule has 0 bridgehead atoms. The van der Waals surface area contributed by atoms with Crippen LogP contribution < -0.4 is 18.9 Å². The second kappa shape index (κ2) is 6.48. The van der Waals surface area contributed by atoms with Crippen molar-refractivity contribution in [1.82, 2.24) is 4.98 Å². The standard InChI is InChI=1S/C24H21NO4/c1-26-17-9-5-7-13-19(28-3)11-15-16-12-20(29-4)14-8-6-10-18(27-2)22(14)24(16)25-23(15)21(13)17/h5-12,25H,1-4H3. The third-order valence-electron chi connectivity index (χ3n) is 5.59. The van der Waals surface area contributed by atoms with Crippen LogP contribution in [0.1, 0.15) is 0 Å². The Hall–Kier alpha value is -3.60. The van der Waals surface area contributed by atoms with Crippen LogP contribution in [0.4, 0.5) is 0 Å². The molecule has 0 atom stereocenters. The van der Waals surface area contributed by atoms with Crippen LogP contribution in [-0.4, -0.2) is 33.4 Å². The summed E-state index contributed by atoms with van der Waals surface area (Å²) in [5.74, 6) is 3.18. The zero-order chi connectivity index (χ0) is 20.1. The summed E-state index contributed by atoms with van der Waals surface area (Å²) in [7, 11) is 6.75. The lowest BCUT2D eigenvalue weighted by molar-refractivity contribution is 0.416. The molecule has 5 nitrogen and oxygen atoms in total. The third-order valence-corrected chi connectivity index (χ3v) is 5.59. The molecule has 1 heterocycles. The van der Waals surface area contributed by atoms with E-state index in [0.717, 1.165) is 66.3 Å². The van der Waals surface area contributed by atoms with Crippen molar-refractivity contribution in [2.75, 3.05) is 28.4 Å². The number of aromatic amines is 1.